The van der Waals surface area contributed by atoms with E-state index in [1.54, 1.807) is 13.0 Å². The van der Waals surface area contributed by atoms with Gasteiger partial charge >= 0.3 is 24.1 Å². The Morgan fingerprint density at radius 3 is 1.95 bits per heavy atom. The third kappa shape index (κ3) is 12.5. The van der Waals surface area contributed by atoms with E-state index >= 15 is 0 Å². The van der Waals surface area contributed by atoms with E-state index in [-0.39, 0.29) is 47.7 Å². The van der Waals surface area contributed by atoms with Gasteiger partial charge in [0.15, 0.2) is 11.5 Å². The van der Waals surface area contributed by atoms with E-state index in [1.165, 1.54) is 12.1 Å². The Hall–Kier alpha value is -3.14. The summed E-state index contributed by atoms with van der Waals surface area (Å²) in [5.74, 6) is -3.11. The number of aliphatic carboxylic acids is 1. The summed E-state index contributed by atoms with van der Waals surface area (Å²) >= 11 is 0. The molecule has 1 saturated carbocycles. The number of benzene rings is 1. The zero-order valence-corrected chi connectivity index (χ0v) is 25.5. The molecule has 1 fully saturated rings. The maximum absolute atomic E-state index is 12.7. The van der Waals surface area contributed by atoms with Gasteiger partial charge in [0.1, 0.15) is 18.2 Å². The monoisotopic (exact) mass is 577 g/mol. The molecule has 1 aromatic rings. The summed E-state index contributed by atoms with van der Waals surface area (Å²) in [4.78, 5) is 49.6. The predicted octanol–water partition coefficient (Wildman–Crippen LogP) is 6.13. The van der Waals surface area contributed by atoms with Crippen LogP contribution in [0.2, 0.25) is 0 Å². The van der Waals surface area contributed by atoms with Crippen LogP contribution in [0.3, 0.4) is 0 Å². The molecule has 1 aliphatic carbocycles. The van der Waals surface area contributed by atoms with Crippen molar-refractivity contribution in [3.63, 3.8) is 0 Å². The molecular formula is C31H47NO9. The number of hydrogen-bond acceptors (Lipinski definition) is 9. The maximum Gasteiger partial charge on any atom is 0.508 e. The van der Waals surface area contributed by atoms with Crippen LogP contribution in [0.25, 0.3) is 0 Å². The molecule has 2 rings (SSSR count). The Bertz CT molecular complexity index is 1060. The molecule has 0 aliphatic heterocycles. The van der Waals surface area contributed by atoms with E-state index in [0.29, 0.717) is 5.56 Å². The van der Waals surface area contributed by atoms with Crippen LogP contribution in [-0.4, -0.2) is 47.4 Å². The van der Waals surface area contributed by atoms with Gasteiger partial charge in [-0.3, -0.25) is 14.4 Å². The molecule has 230 valence electrons. The number of carbonyl (C=O) groups excluding carboxylic acids is 3. The molecule has 41 heavy (non-hydrogen) atoms. The van der Waals surface area contributed by atoms with Crippen molar-refractivity contribution >= 4 is 24.1 Å². The predicted molar refractivity (Wildman–Crippen MR) is 153 cm³/mol. The van der Waals surface area contributed by atoms with E-state index in [2.05, 4.69) is 0 Å². The van der Waals surface area contributed by atoms with Crippen LogP contribution in [-0.2, 0) is 23.9 Å². The lowest BCUT2D eigenvalue weighted by Crippen LogP contribution is -2.38. The summed E-state index contributed by atoms with van der Waals surface area (Å²) in [6.07, 6.45) is 3.26. The standard InChI is InChI=1S/C31H47NO9/c1-19(38-29(37)39-21-11-9-8-10-12-21)15-22(27(32)28(35)36)20-13-14-23(40-25(33)17-30(2,3)4)24(16-20)41-26(34)18-31(5,6)7/h13-14,16,19,21-22,27H,8-12,15,17-18,32H2,1-7H3,(H,35,36)/t19?,22?,27-/m0/s1. The summed E-state index contributed by atoms with van der Waals surface area (Å²) in [5, 5.41) is 9.74. The molecule has 3 N–H and O–H groups in total. The highest BCUT2D eigenvalue weighted by Gasteiger charge is 2.31. The van der Waals surface area contributed by atoms with E-state index in [0.717, 1.165) is 32.1 Å². The summed E-state index contributed by atoms with van der Waals surface area (Å²) < 4.78 is 22.1. The molecule has 3 atom stereocenters. The van der Waals surface area contributed by atoms with Crippen LogP contribution >= 0.6 is 0 Å². The van der Waals surface area contributed by atoms with Gasteiger partial charge in [-0.15, -0.1) is 0 Å². The molecule has 0 bridgehead atoms. The zero-order chi connectivity index (χ0) is 31.0. The minimum absolute atomic E-state index is 0.0214. The molecule has 1 aromatic carbocycles. The van der Waals surface area contributed by atoms with Crippen molar-refractivity contribution in [1.82, 2.24) is 0 Å². The van der Waals surface area contributed by atoms with Gasteiger partial charge in [0.2, 0.25) is 0 Å². The Labute approximate surface area is 243 Å². The van der Waals surface area contributed by atoms with Gasteiger partial charge in [0, 0.05) is 5.92 Å². The molecule has 0 amide bonds. The van der Waals surface area contributed by atoms with E-state index < -0.39 is 42.1 Å². The van der Waals surface area contributed by atoms with Gasteiger partial charge in [-0.2, -0.15) is 0 Å². The molecule has 2 unspecified atom stereocenters. The topological polar surface area (TPSA) is 151 Å². The molecule has 10 nitrogen and oxygen atoms in total. The van der Waals surface area contributed by atoms with Crippen molar-refractivity contribution in [2.24, 2.45) is 16.6 Å². The molecule has 10 heteroatoms. The van der Waals surface area contributed by atoms with Gasteiger partial charge < -0.3 is 29.8 Å². The number of hydrogen-bond donors (Lipinski definition) is 2. The first-order valence-electron chi connectivity index (χ1n) is 14.3. The molecule has 0 heterocycles. The molecule has 0 radical (unpaired) electrons. The van der Waals surface area contributed by atoms with Crippen LogP contribution in [0.4, 0.5) is 4.79 Å². The third-order valence-corrected chi connectivity index (χ3v) is 6.61. The Morgan fingerprint density at radius 1 is 0.902 bits per heavy atom. The fourth-order valence-corrected chi connectivity index (χ4v) is 4.68. The normalized spacial score (nSPS) is 16.7. The summed E-state index contributed by atoms with van der Waals surface area (Å²) in [5.41, 5.74) is 5.82. The Balaban J connectivity index is 2.31. The summed E-state index contributed by atoms with van der Waals surface area (Å²) in [7, 11) is 0. The smallest absolute Gasteiger partial charge is 0.480 e. The van der Waals surface area contributed by atoms with Crippen LogP contribution in [0.15, 0.2) is 18.2 Å². The minimum Gasteiger partial charge on any atom is -0.480 e. The average Bonchev–Trinajstić information content (AvgIpc) is 2.81. The highest BCUT2D eigenvalue weighted by molar-refractivity contribution is 5.77. The van der Waals surface area contributed by atoms with Crippen LogP contribution in [0, 0.1) is 10.8 Å². The number of ether oxygens (including phenoxy) is 4. The van der Waals surface area contributed by atoms with Gasteiger partial charge in [-0.1, -0.05) is 54.0 Å². The van der Waals surface area contributed by atoms with Gasteiger partial charge in [-0.05, 0) is 67.6 Å². The first-order chi connectivity index (χ1) is 18.9. The number of carboxylic acids is 1. The highest BCUT2D eigenvalue weighted by atomic mass is 16.7. The maximum atomic E-state index is 12.7. The Morgan fingerprint density at radius 2 is 1.44 bits per heavy atom. The summed E-state index contributed by atoms with van der Waals surface area (Å²) in [6, 6.07) is 3.13. The van der Waals surface area contributed by atoms with Crippen LogP contribution in [0.5, 0.6) is 11.5 Å². The van der Waals surface area contributed by atoms with Crippen molar-refractivity contribution in [2.75, 3.05) is 0 Å². The lowest BCUT2D eigenvalue weighted by molar-refractivity contribution is -0.139. The van der Waals surface area contributed by atoms with E-state index in [1.807, 2.05) is 41.5 Å². The van der Waals surface area contributed by atoms with Crippen molar-refractivity contribution in [2.45, 2.75) is 124 Å². The van der Waals surface area contributed by atoms with Crippen LogP contribution < -0.4 is 15.2 Å². The van der Waals surface area contributed by atoms with Gasteiger partial charge in [-0.25, -0.2) is 4.79 Å². The first kappa shape index (κ1) is 34.1. The number of carboxylic acid groups (broad SMARTS) is 1. The second-order valence-corrected chi connectivity index (χ2v) is 13.4. The quantitative estimate of drug-likeness (QED) is 0.232. The van der Waals surface area contributed by atoms with Crippen molar-refractivity contribution < 1.29 is 43.2 Å². The molecule has 0 saturated heterocycles. The molecule has 0 aromatic heterocycles. The van der Waals surface area contributed by atoms with Crippen LogP contribution in [0.1, 0.15) is 111 Å². The van der Waals surface area contributed by atoms with Crippen molar-refractivity contribution in [3.05, 3.63) is 23.8 Å². The highest BCUT2D eigenvalue weighted by Crippen LogP contribution is 2.36. The van der Waals surface area contributed by atoms with Gasteiger partial charge in [0.05, 0.1) is 12.8 Å². The minimum atomic E-state index is -1.36. The second kappa shape index (κ2) is 14.7. The third-order valence-electron chi connectivity index (χ3n) is 6.61. The Kier molecular flexibility index (Phi) is 12.2. The number of esters is 2. The molecule has 0 spiro atoms. The largest absolute Gasteiger partial charge is 0.508 e. The fraction of sp³-hybridized carbons (Fsp3) is 0.677. The fourth-order valence-electron chi connectivity index (χ4n) is 4.68. The SMILES string of the molecule is CC(CC(c1ccc(OC(=O)CC(C)(C)C)c(OC(=O)CC(C)(C)C)c1)[C@H](N)C(=O)O)OC(=O)OC1CCCCC1. The van der Waals surface area contributed by atoms with Crippen molar-refractivity contribution in [1.29, 1.82) is 0 Å². The van der Waals surface area contributed by atoms with Crippen molar-refractivity contribution in [3.8, 4) is 11.5 Å². The number of carbonyl (C=O) groups is 4. The van der Waals surface area contributed by atoms with E-state index in [9.17, 15) is 24.3 Å². The number of nitrogens with two attached hydrogens (primary N) is 1. The van der Waals surface area contributed by atoms with E-state index in [4.69, 9.17) is 24.7 Å². The second-order valence-electron chi connectivity index (χ2n) is 13.4. The molecular weight excluding hydrogens is 530 g/mol. The zero-order valence-electron chi connectivity index (χ0n) is 25.5. The molecule has 1 aliphatic rings. The average molecular weight is 578 g/mol. The lowest BCUT2D eigenvalue weighted by atomic mass is 9.87. The number of rotatable bonds is 11. The summed E-state index contributed by atoms with van der Waals surface area (Å²) in [6.45, 7) is 13.0. The first-order valence-corrected chi connectivity index (χ1v) is 14.3. The lowest BCUT2D eigenvalue weighted by Gasteiger charge is -2.26. The van der Waals surface area contributed by atoms with Gasteiger partial charge in [0.25, 0.3) is 0 Å².